The minimum atomic E-state index is -2.56. The van der Waals surface area contributed by atoms with Gasteiger partial charge in [0.1, 0.15) is 0 Å². The second-order valence-electron chi connectivity index (χ2n) is 4.07. The summed E-state index contributed by atoms with van der Waals surface area (Å²) in [5, 5.41) is 8.73. The highest BCUT2D eigenvalue weighted by Crippen LogP contribution is 2.19. The fourth-order valence-electron chi connectivity index (χ4n) is 1.50. The summed E-state index contributed by atoms with van der Waals surface area (Å²) in [6.45, 7) is 5.21. The molecule has 1 aromatic heterocycles. The Bertz CT molecular complexity index is 406. The van der Waals surface area contributed by atoms with Gasteiger partial charge in [0.05, 0.1) is 24.1 Å². The van der Waals surface area contributed by atoms with Gasteiger partial charge in [-0.3, -0.25) is 4.68 Å². The first-order chi connectivity index (χ1) is 8.45. The van der Waals surface area contributed by atoms with E-state index in [1.54, 1.807) is 4.68 Å². The molecule has 0 unspecified atom stereocenters. The van der Waals surface area contributed by atoms with E-state index in [4.69, 9.17) is 0 Å². The fourth-order valence-corrected chi connectivity index (χ4v) is 1.50. The average molecular weight is 260 g/mol. The quantitative estimate of drug-likeness (QED) is 0.854. The number of hydrogen-bond acceptors (Lipinski definition) is 2. The van der Waals surface area contributed by atoms with Crippen LogP contribution in [-0.4, -0.2) is 28.8 Å². The van der Waals surface area contributed by atoms with Crippen molar-refractivity contribution < 1.29 is 13.6 Å². The van der Waals surface area contributed by atoms with E-state index in [1.807, 2.05) is 20.8 Å². The predicted molar refractivity (Wildman–Crippen MR) is 65.0 cm³/mol. The number of carbonyl (C=O) groups is 1. The molecule has 102 valence electrons. The highest BCUT2D eigenvalue weighted by Gasteiger charge is 2.13. The topological polar surface area (TPSA) is 59.0 Å². The summed E-state index contributed by atoms with van der Waals surface area (Å²) in [6, 6.07) is -0.424. The van der Waals surface area contributed by atoms with Gasteiger partial charge in [-0.15, -0.1) is 0 Å². The van der Waals surface area contributed by atoms with Crippen LogP contribution in [0, 0.1) is 6.92 Å². The predicted octanol–water partition coefficient (Wildman–Crippen LogP) is 2.55. The fraction of sp³-hybridized carbons (Fsp3) is 0.636. The van der Waals surface area contributed by atoms with E-state index in [9.17, 15) is 13.6 Å². The molecule has 0 saturated carbocycles. The zero-order valence-electron chi connectivity index (χ0n) is 10.7. The van der Waals surface area contributed by atoms with Gasteiger partial charge in [0, 0.05) is 6.04 Å². The number of urea groups is 1. The van der Waals surface area contributed by atoms with Crippen LogP contribution in [0.15, 0.2) is 6.20 Å². The van der Waals surface area contributed by atoms with Crippen LogP contribution in [0.25, 0.3) is 0 Å². The number of rotatable bonds is 5. The maximum absolute atomic E-state index is 11.9. The first-order valence-corrected chi connectivity index (χ1v) is 5.82. The molecule has 0 aliphatic heterocycles. The Hall–Kier alpha value is -1.66. The molecule has 1 aromatic rings. The first kappa shape index (κ1) is 14.4. The summed E-state index contributed by atoms with van der Waals surface area (Å²) in [6.07, 6.45) is -0.122. The van der Waals surface area contributed by atoms with E-state index in [2.05, 4.69) is 15.7 Å². The van der Waals surface area contributed by atoms with Crippen LogP contribution in [-0.2, 0) is 0 Å². The van der Waals surface area contributed by atoms with Gasteiger partial charge in [-0.25, -0.2) is 13.6 Å². The second-order valence-corrected chi connectivity index (χ2v) is 4.07. The third-order valence-electron chi connectivity index (χ3n) is 2.72. The highest BCUT2D eigenvalue weighted by molar-refractivity contribution is 5.89. The van der Waals surface area contributed by atoms with Gasteiger partial charge in [-0.05, 0) is 20.3 Å². The summed E-state index contributed by atoms with van der Waals surface area (Å²) in [5.74, 6) is 0. The number of anilines is 1. The minimum absolute atomic E-state index is 0.227. The molecule has 0 radical (unpaired) electrons. The van der Waals surface area contributed by atoms with Gasteiger partial charge in [0.25, 0.3) is 6.43 Å². The summed E-state index contributed by atoms with van der Waals surface area (Å²) >= 11 is 0. The van der Waals surface area contributed by atoms with E-state index < -0.39 is 19.0 Å². The molecule has 2 amide bonds. The second kappa shape index (κ2) is 6.32. The van der Waals surface area contributed by atoms with Crippen LogP contribution in [0.4, 0.5) is 19.3 Å². The first-order valence-electron chi connectivity index (χ1n) is 5.82. The number of carbonyl (C=O) groups excluding carboxylic acids is 1. The van der Waals surface area contributed by atoms with Crippen LogP contribution < -0.4 is 10.6 Å². The largest absolute Gasteiger partial charge is 0.332 e. The van der Waals surface area contributed by atoms with Crippen molar-refractivity contribution in [3.05, 3.63) is 11.9 Å². The maximum atomic E-state index is 11.9. The van der Waals surface area contributed by atoms with Crippen LogP contribution >= 0.6 is 0 Å². The standard InChI is InChI=1S/C11H18F2N4O/c1-4-7(2)17-8(3)9(5-15-17)16-11(18)14-6-10(12)13/h5,7,10H,4,6H2,1-3H3,(H2,14,16,18)/t7-/m1/s1. The van der Waals surface area contributed by atoms with Crippen molar-refractivity contribution >= 4 is 11.7 Å². The molecule has 0 fully saturated rings. The van der Waals surface area contributed by atoms with Gasteiger partial charge >= 0.3 is 6.03 Å². The number of alkyl halides is 2. The Kier molecular flexibility index (Phi) is 5.06. The molecule has 2 N–H and O–H groups in total. The summed E-state index contributed by atoms with van der Waals surface area (Å²) in [4.78, 5) is 11.3. The summed E-state index contributed by atoms with van der Waals surface area (Å²) < 4.78 is 25.6. The van der Waals surface area contributed by atoms with Crippen molar-refractivity contribution in [2.24, 2.45) is 0 Å². The van der Waals surface area contributed by atoms with Gasteiger partial charge in [0.15, 0.2) is 0 Å². The van der Waals surface area contributed by atoms with Crippen molar-refractivity contribution in [3.63, 3.8) is 0 Å². The third kappa shape index (κ3) is 3.68. The highest BCUT2D eigenvalue weighted by atomic mass is 19.3. The Labute approximate surface area is 105 Å². The molecular formula is C11H18F2N4O. The number of halogens is 2. The van der Waals surface area contributed by atoms with Crippen molar-refractivity contribution in [1.82, 2.24) is 15.1 Å². The molecule has 1 rings (SSSR count). The molecule has 0 aliphatic rings. The monoisotopic (exact) mass is 260 g/mol. The van der Waals surface area contributed by atoms with Crippen LogP contribution in [0.5, 0.6) is 0 Å². The van der Waals surface area contributed by atoms with E-state index >= 15 is 0 Å². The zero-order chi connectivity index (χ0) is 13.7. The van der Waals surface area contributed by atoms with Gasteiger partial charge in [-0.2, -0.15) is 5.10 Å². The Morgan fingerprint density at radius 2 is 2.22 bits per heavy atom. The molecule has 0 aromatic carbocycles. The molecule has 7 heteroatoms. The molecule has 0 saturated heterocycles. The van der Waals surface area contributed by atoms with Crippen molar-refractivity contribution in [2.75, 3.05) is 11.9 Å². The van der Waals surface area contributed by atoms with Crippen molar-refractivity contribution in [2.45, 2.75) is 39.7 Å². The normalized spacial score (nSPS) is 12.6. The maximum Gasteiger partial charge on any atom is 0.319 e. The SMILES string of the molecule is CC[C@@H](C)n1ncc(NC(=O)NCC(F)F)c1C. The number of nitrogens with zero attached hydrogens (tertiary/aromatic N) is 2. The molecule has 0 spiro atoms. The van der Waals surface area contributed by atoms with Crippen molar-refractivity contribution in [3.8, 4) is 0 Å². The Morgan fingerprint density at radius 1 is 1.56 bits per heavy atom. The number of aromatic nitrogens is 2. The van der Waals surface area contributed by atoms with E-state index in [-0.39, 0.29) is 6.04 Å². The zero-order valence-corrected chi connectivity index (χ0v) is 10.7. The van der Waals surface area contributed by atoms with Gasteiger partial charge in [-0.1, -0.05) is 6.92 Å². The molecule has 18 heavy (non-hydrogen) atoms. The lowest BCUT2D eigenvalue weighted by atomic mass is 10.2. The number of amides is 2. The third-order valence-corrected chi connectivity index (χ3v) is 2.72. The minimum Gasteiger partial charge on any atom is -0.332 e. The average Bonchev–Trinajstić information content (AvgIpc) is 2.67. The lowest BCUT2D eigenvalue weighted by molar-refractivity contribution is 0.148. The molecule has 1 heterocycles. The molecule has 1 atom stereocenters. The molecule has 5 nitrogen and oxygen atoms in total. The Morgan fingerprint density at radius 3 is 2.78 bits per heavy atom. The van der Waals surface area contributed by atoms with E-state index in [0.717, 1.165) is 12.1 Å². The lowest BCUT2D eigenvalue weighted by Gasteiger charge is -2.12. The molecular weight excluding hydrogens is 242 g/mol. The van der Waals surface area contributed by atoms with Crippen LogP contribution in [0.3, 0.4) is 0 Å². The van der Waals surface area contributed by atoms with Crippen LogP contribution in [0.1, 0.15) is 32.0 Å². The van der Waals surface area contributed by atoms with E-state index in [0.29, 0.717) is 5.69 Å². The van der Waals surface area contributed by atoms with E-state index in [1.165, 1.54) is 6.20 Å². The summed E-state index contributed by atoms with van der Waals surface area (Å²) in [7, 11) is 0. The number of nitrogens with one attached hydrogen (secondary N) is 2. The lowest BCUT2D eigenvalue weighted by Crippen LogP contribution is -2.32. The smallest absolute Gasteiger partial charge is 0.319 e. The van der Waals surface area contributed by atoms with Gasteiger partial charge < -0.3 is 10.6 Å². The molecule has 0 bridgehead atoms. The van der Waals surface area contributed by atoms with Crippen LogP contribution in [0.2, 0.25) is 0 Å². The Balaban J connectivity index is 2.63. The molecule has 0 aliphatic carbocycles. The number of hydrogen-bond donors (Lipinski definition) is 2. The van der Waals surface area contributed by atoms with Crippen molar-refractivity contribution in [1.29, 1.82) is 0 Å². The van der Waals surface area contributed by atoms with Gasteiger partial charge in [0.2, 0.25) is 0 Å². The summed E-state index contributed by atoms with van der Waals surface area (Å²) in [5.41, 5.74) is 1.33.